The van der Waals surface area contributed by atoms with Gasteiger partial charge in [-0.1, -0.05) is 18.7 Å². The van der Waals surface area contributed by atoms with Gasteiger partial charge in [-0.25, -0.2) is 0 Å². The maximum absolute atomic E-state index is 5.63. The molecule has 4 nitrogen and oxygen atoms in total. The van der Waals surface area contributed by atoms with Crippen LogP contribution in [0.25, 0.3) is 0 Å². The number of hydrogen-bond donors (Lipinski definition) is 1. The molecule has 0 radical (unpaired) electrons. The number of rotatable bonds is 12. The fourth-order valence-electron chi connectivity index (χ4n) is 1.87. The summed E-state index contributed by atoms with van der Waals surface area (Å²) in [6, 6.07) is 6.03. The zero-order valence-electron chi connectivity index (χ0n) is 13.2. The van der Waals surface area contributed by atoms with Gasteiger partial charge in [0.15, 0.2) is 11.5 Å². The molecule has 1 N–H and O–H groups in total. The average Bonchev–Trinajstić information content (AvgIpc) is 2.50. The van der Waals surface area contributed by atoms with E-state index in [1.54, 1.807) is 6.08 Å². The van der Waals surface area contributed by atoms with E-state index in [1.165, 1.54) is 5.56 Å². The van der Waals surface area contributed by atoms with Crippen molar-refractivity contribution in [3.8, 4) is 11.5 Å². The lowest BCUT2D eigenvalue weighted by atomic mass is 10.2. The Morgan fingerprint density at radius 3 is 2.71 bits per heavy atom. The van der Waals surface area contributed by atoms with Crippen LogP contribution in [0.1, 0.15) is 25.8 Å². The Bertz CT molecular complexity index is 407. The second-order valence-electron chi connectivity index (χ2n) is 4.54. The van der Waals surface area contributed by atoms with Crippen molar-refractivity contribution in [1.82, 2.24) is 5.32 Å². The molecule has 4 heteroatoms. The molecule has 0 heterocycles. The fraction of sp³-hybridized carbons (Fsp3) is 0.529. The van der Waals surface area contributed by atoms with Gasteiger partial charge in [-0.15, -0.1) is 0 Å². The van der Waals surface area contributed by atoms with Crippen molar-refractivity contribution < 1.29 is 14.2 Å². The molecule has 0 atom stereocenters. The molecule has 1 rings (SSSR count). The molecule has 0 unspecified atom stereocenters. The Balaban J connectivity index is 2.47. The van der Waals surface area contributed by atoms with Crippen molar-refractivity contribution in [2.24, 2.45) is 0 Å². The highest BCUT2D eigenvalue weighted by Crippen LogP contribution is 2.28. The summed E-state index contributed by atoms with van der Waals surface area (Å²) in [5, 5.41) is 3.40. The molecule has 0 aliphatic carbocycles. The lowest BCUT2D eigenvalue weighted by Gasteiger charge is -2.13. The third kappa shape index (κ3) is 7.16. The first-order valence-electron chi connectivity index (χ1n) is 7.59. The van der Waals surface area contributed by atoms with Gasteiger partial charge in [0.2, 0.25) is 0 Å². The topological polar surface area (TPSA) is 39.7 Å². The van der Waals surface area contributed by atoms with Crippen molar-refractivity contribution in [2.45, 2.75) is 26.8 Å². The monoisotopic (exact) mass is 293 g/mol. The van der Waals surface area contributed by atoms with Gasteiger partial charge < -0.3 is 19.5 Å². The van der Waals surface area contributed by atoms with E-state index in [-0.39, 0.29) is 0 Å². The van der Waals surface area contributed by atoms with Gasteiger partial charge in [0.05, 0.1) is 6.61 Å². The molecule has 1 aromatic rings. The van der Waals surface area contributed by atoms with E-state index in [2.05, 4.69) is 18.0 Å². The Hall–Kier alpha value is -1.52. The molecule has 0 saturated heterocycles. The summed E-state index contributed by atoms with van der Waals surface area (Å²) in [4.78, 5) is 0. The van der Waals surface area contributed by atoms with Gasteiger partial charge in [-0.2, -0.15) is 0 Å². The quantitative estimate of drug-likeness (QED) is 0.475. The third-order valence-electron chi connectivity index (χ3n) is 2.84. The summed E-state index contributed by atoms with van der Waals surface area (Å²) in [6.07, 6.45) is 2.75. The summed E-state index contributed by atoms with van der Waals surface area (Å²) in [5.74, 6) is 1.55. The molecular formula is C17H27NO3. The summed E-state index contributed by atoms with van der Waals surface area (Å²) < 4.78 is 16.5. The maximum Gasteiger partial charge on any atom is 0.161 e. The highest BCUT2D eigenvalue weighted by atomic mass is 16.5. The van der Waals surface area contributed by atoms with E-state index in [4.69, 9.17) is 14.2 Å². The molecule has 0 spiro atoms. The maximum atomic E-state index is 5.63. The molecule has 0 fully saturated rings. The van der Waals surface area contributed by atoms with Crippen molar-refractivity contribution in [1.29, 1.82) is 0 Å². The Morgan fingerprint density at radius 1 is 1.14 bits per heavy atom. The molecule has 0 saturated carbocycles. The molecule has 0 amide bonds. The normalized spacial score (nSPS) is 10.4. The van der Waals surface area contributed by atoms with Crippen LogP contribution < -0.4 is 14.8 Å². The van der Waals surface area contributed by atoms with Crippen molar-refractivity contribution in [3.63, 3.8) is 0 Å². The SMILES string of the molecule is C=CCOc1ccc(CNCCCOCC)cc1OCC. The largest absolute Gasteiger partial charge is 0.490 e. The fourth-order valence-corrected chi connectivity index (χ4v) is 1.87. The molecule has 0 aliphatic heterocycles. The van der Waals surface area contributed by atoms with Crippen molar-refractivity contribution >= 4 is 0 Å². The first kappa shape index (κ1) is 17.5. The molecule has 0 aliphatic rings. The van der Waals surface area contributed by atoms with Crippen LogP contribution in [-0.4, -0.2) is 33.0 Å². The smallest absolute Gasteiger partial charge is 0.161 e. The van der Waals surface area contributed by atoms with Crippen LogP contribution in [0.15, 0.2) is 30.9 Å². The lowest BCUT2D eigenvalue weighted by molar-refractivity contribution is 0.144. The van der Waals surface area contributed by atoms with Crippen LogP contribution in [0.3, 0.4) is 0 Å². The molecule has 21 heavy (non-hydrogen) atoms. The summed E-state index contributed by atoms with van der Waals surface area (Å²) in [5.41, 5.74) is 1.18. The zero-order chi connectivity index (χ0) is 15.3. The van der Waals surface area contributed by atoms with Gasteiger partial charge in [0, 0.05) is 19.8 Å². The van der Waals surface area contributed by atoms with E-state index in [9.17, 15) is 0 Å². The van der Waals surface area contributed by atoms with E-state index < -0.39 is 0 Å². The number of ether oxygens (including phenoxy) is 3. The predicted octanol–water partition coefficient (Wildman–Crippen LogP) is 3.17. The van der Waals surface area contributed by atoms with Gasteiger partial charge in [-0.3, -0.25) is 0 Å². The third-order valence-corrected chi connectivity index (χ3v) is 2.84. The minimum absolute atomic E-state index is 0.481. The van der Waals surface area contributed by atoms with Crippen LogP contribution in [0.5, 0.6) is 11.5 Å². The standard InChI is InChI=1S/C17H27NO3/c1-4-11-21-16-9-8-15(13-17(16)20-6-3)14-18-10-7-12-19-5-2/h4,8-9,13,18H,1,5-7,10-12,14H2,2-3H3. The summed E-state index contributed by atoms with van der Waals surface area (Å²) in [6.45, 7) is 12.1. The van der Waals surface area contributed by atoms with Crippen molar-refractivity contribution in [3.05, 3.63) is 36.4 Å². The second-order valence-corrected chi connectivity index (χ2v) is 4.54. The molecule has 0 aromatic heterocycles. The van der Waals surface area contributed by atoms with E-state index in [0.29, 0.717) is 13.2 Å². The minimum Gasteiger partial charge on any atom is -0.490 e. The van der Waals surface area contributed by atoms with E-state index >= 15 is 0 Å². The number of nitrogens with one attached hydrogen (secondary N) is 1. The van der Waals surface area contributed by atoms with Crippen molar-refractivity contribution in [2.75, 3.05) is 33.0 Å². The first-order valence-corrected chi connectivity index (χ1v) is 7.59. The van der Waals surface area contributed by atoms with Gasteiger partial charge in [0.25, 0.3) is 0 Å². The summed E-state index contributed by atoms with van der Waals surface area (Å²) >= 11 is 0. The Kier molecular flexibility index (Phi) is 9.33. The van der Waals surface area contributed by atoms with Crippen LogP contribution in [0, 0.1) is 0 Å². The highest BCUT2D eigenvalue weighted by Gasteiger charge is 2.06. The number of hydrogen-bond acceptors (Lipinski definition) is 4. The molecule has 0 bridgehead atoms. The van der Waals surface area contributed by atoms with Crippen LogP contribution in [0.2, 0.25) is 0 Å². The van der Waals surface area contributed by atoms with E-state index in [0.717, 1.165) is 44.2 Å². The van der Waals surface area contributed by atoms with Crippen LogP contribution in [-0.2, 0) is 11.3 Å². The molecule has 1 aromatic carbocycles. The van der Waals surface area contributed by atoms with E-state index in [1.807, 2.05) is 26.0 Å². The van der Waals surface area contributed by atoms with Gasteiger partial charge >= 0.3 is 0 Å². The average molecular weight is 293 g/mol. The second kappa shape index (κ2) is 11.2. The Labute approximate surface area is 128 Å². The highest BCUT2D eigenvalue weighted by molar-refractivity contribution is 5.43. The first-order chi connectivity index (χ1) is 10.3. The van der Waals surface area contributed by atoms with Gasteiger partial charge in [-0.05, 0) is 44.5 Å². The van der Waals surface area contributed by atoms with Gasteiger partial charge in [0.1, 0.15) is 6.61 Å². The Morgan fingerprint density at radius 2 is 2.00 bits per heavy atom. The summed E-state index contributed by atoms with van der Waals surface area (Å²) in [7, 11) is 0. The molecular weight excluding hydrogens is 266 g/mol. The van der Waals surface area contributed by atoms with Crippen LogP contribution in [0.4, 0.5) is 0 Å². The zero-order valence-corrected chi connectivity index (χ0v) is 13.2. The minimum atomic E-state index is 0.481. The molecule has 118 valence electrons. The lowest BCUT2D eigenvalue weighted by Crippen LogP contribution is -2.16. The van der Waals surface area contributed by atoms with Crippen LogP contribution >= 0.6 is 0 Å². The predicted molar refractivity (Wildman–Crippen MR) is 86.1 cm³/mol. The number of benzene rings is 1.